The first-order chi connectivity index (χ1) is 8.09. The lowest BCUT2D eigenvalue weighted by molar-refractivity contribution is 0.254. The SMILES string of the molecule is CC1=C(c2ccccc2C)CCN1CC(C)F. The minimum atomic E-state index is -0.763. The summed E-state index contributed by atoms with van der Waals surface area (Å²) in [6, 6.07) is 8.43. The third kappa shape index (κ3) is 2.51. The lowest BCUT2D eigenvalue weighted by Gasteiger charge is -2.20. The van der Waals surface area contributed by atoms with Crippen LogP contribution in [0.15, 0.2) is 30.0 Å². The summed E-state index contributed by atoms with van der Waals surface area (Å²) in [7, 11) is 0. The first-order valence-electron chi connectivity index (χ1n) is 6.24. The third-order valence-electron chi connectivity index (χ3n) is 3.48. The Morgan fingerprint density at radius 2 is 2.00 bits per heavy atom. The molecular weight excluding hydrogens is 213 g/mol. The fraction of sp³-hybridized carbons (Fsp3) is 0.467. The van der Waals surface area contributed by atoms with Crippen LogP contribution in [0.3, 0.4) is 0 Å². The molecule has 1 aromatic carbocycles. The molecule has 2 rings (SSSR count). The number of allylic oxidation sites excluding steroid dienone is 1. The highest BCUT2D eigenvalue weighted by atomic mass is 19.1. The standard InChI is InChI=1S/C15H20FN/c1-11-6-4-5-7-14(11)15-8-9-17(13(15)3)10-12(2)16/h4-7,12H,8-10H2,1-3H3. The van der Waals surface area contributed by atoms with Gasteiger partial charge in [0.2, 0.25) is 0 Å². The highest BCUT2D eigenvalue weighted by Gasteiger charge is 2.21. The molecule has 2 heteroatoms. The van der Waals surface area contributed by atoms with Gasteiger partial charge in [-0.3, -0.25) is 0 Å². The van der Waals surface area contributed by atoms with Crippen LogP contribution in [0.4, 0.5) is 4.39 Å². The topological polar surface area (TPSA) is 3.24 Å². The summed E-state index contributed by atoms with van der Waals surface area (Å²) < 4.78 is 13.1. The number of alkyl halides is 1. The molecule has 92 valence electrons. The zero-order valence-corrected chi connectivity index (χ0v) is 10.8. The largest absolute Gasteiger partial charge is 0.372 e. The lowest BCUT2D eigenvalue weighted by atomic mass is 9.99. The van der Waals surface area contributed by atoms with Crippen LogP contribution in [0.5, 0.6) is 0 Å². The fourth-order valence-electron chi connectivity index (χ4n) is 2.56. The molecule has 1 heterocycles. The number of benzene rings is 1. The van der Waals surface area contributed by atoms with Gasteiger partial charge in [-0.2, -0.15) is 0 Å². The third-order valence-corrected chi connectivity index (χ3v) is 3.48. The number of nitrogens with zero attached hydrogens (tertiary/aromatic N) is 1. The molecule has 0 aromatic heterocycles. The van der Waals surface area contributed by atoms with Crippen molar-refractivity contribution in [1.82, 2.24) is 4.90 Å². The Kier molecular flexibility index (Phi) is 3.51. The van der Waals surface area contributed by atoms with E-state index in [0.29, 0.717) is 6.54 Å². The van der Waals surface area contributed by atoms with Crippen molar-refractivity contribution in [3.05, 3.63) is 41.1 Å². The molecule has 1 aliphatic rings. The van der Waals surface area contributed by atoms with E-state index in [0.717, 1.165) is 13.0 Å². The van der Waals surface area contributed by atoms with E-state index in [9.17, 15) is 4.39 Å². The molecule has 0 radical (unpaired) electrons. The Hall–Kier alpha value is -1.31. The van der Waals surface area contributed by atoms with Gasteiger partial charge in [-0.05, 0) is 43.9 Å². The van der Waals surface area contributed by atoms with Crippen molar-refractivity contribution < 1.29 is 4.39 Å². The zero-order chi connectivity index (χ0) is 12.4. The van der Waals surface area contributed by atoms with Crippen molar-refractivity contribution in [3.63, 3.8) is 0 Å². The quantitative estimate of drug-likeness (QED) is 0.767. The summed E-state index contributed by atoms with van der Waals surface area (Å²) in [6.45, 7) is 7.33. The van der Waals surface area contributed by atoms with E-state index in [4.69, 9.17) is 0 Å². The second kappa shape index (κ2) is 4.91. The van der Waals surface area contributed by atoms with Crippen LogP contribution in [0, 0.1) is 6.92 Å². The van der Waals surface area contributed by atoms with Crippen molar-refractivity contribution >= 4 is 5.57 Å². The van der Waals surface area contributed by atoms with Crippen molar-refractivity contribution in [2.45, 2.75) is 33.4 Å². The minimum Gasteiger partial charge on any atom is -0.372 e. The first-order valence-corrected chi connectivity index (χ1v) is 6.24. The molecule has 0 saturated carbocycles. The van der Waals surface area contributed by atoms with Gasteiger partial charge in [0.15, 0.2) is 0 Å². The van der Waals surface area contributed by atoms with Gasteiger partial charge in [0.1, 0.15) is 6.17 Å². The average molecular weight is 233 g/mol. The first kappa shape index (κ1) is 12.2. The molecule has 1 aliphatic heterocycles. The maximum Gasteiger partial charge on any atom is 0.115 e. The molecule has 0 N–H and O–H groups in total. The smallest absolute Gasteiger partial charge is 0.115 e. The predicted molar refractivity (Wildman–Crippen MR) is 70.5 cm³/mol. The number of aryl methyl sites for hydroxylation is 1. The molecular formula is C15H20FN. The average Bonchev–Trinajstić information content (AvgIpc) is 2.61. The Labute approximate surface area is 103 Å². The van der Waals surface area contributed by atoms with Crippen molar-refractivity contribution in [1.29, 1.82) is 0 Å². The zero-order valence-electron chi connectivity index (χ0n) is 10.8. The molecule has 1 unspecified atom stereocenters. The monoisotopic (exact) mass is 233 g/mol. The molecule has 1 atom stereocenters. The Balaban J connectivity index is 2.28. The van der Waals surface area contributed by atoms with Gasteiger partial charge in [0.25, 0.3) is 0 Å². The minimum absolute atomic E-state index is 0.515. The number of rotatable bonds is 3. The van der Waals surface area contributed by atoms with Crippen LogP contribution in [0.25, 0.3) is 5.57 Å². The summed E-state index contributed by atoms with van der Waals surface area (Å²) >= 11 is 0. The van der Waals surface area contributed by atoms with E-state index in [-0.39, 0.29) is 0 Å². The highest BCUT2D eigenvalue weighted by molar-refractivity contribution is 5.72. The van der Waals surface area contributed by atoms with E-state index in [1.165, 1.54) is 22.4 Å². The van der Waals surface area contributed by atoms with Gasteiger partial charge in [0.05, 0.1) is 0 Å². The Morgan fingerprint density at radius 3 is 2.65 bits per heavy atom. The maximum atomic E-state index is 13.1. The Morgan fingerprint density at radius 1 is 1.29 bits per heavy atom. The van der Waals surface area contributed by atoms with Gasteiger partial charge in [-0.15, -0.1) is 0 Å². The number of hydrogen-bond donors (Lipinski definition) is 0. The molecule has 0 amide bonds. The second-order valence-electron chi connectivity index (χ2n) is 4.86. The van der Waals surface area contributed by atoms with E-state index in [2.05, 4.69) is 43.0 Å². The van der Waals surface area contributed by atoms with Crippen molar-refractivity contribution in [2.75, 3.05) is 13.1 Å². The maximum absolute atomic E-state index is 13.1. The Bertz CT molecular complexity index is 434. The van der Waals surface area contributed by atoms with E-state index in [1.54, 1.807) is 6.92 Å². The van der Waals surface area contributed by atoms with E-state index >= 15 is 0 Å². The van der Waals surface area contributed by atoms with Crippen LogP contribution in [0.1, 0.15) is 31.4 Å². The number of hydrogen-bond acceptors (Lipinski definition) is 1. The van der Waals surface area contributed by atoms with E-state index in [1.807, 2.05) is 0 Å². The lowest BCUT2D eigenvalue weighted by Crippen LogP contribution is -2.25. The normalized spacial score (nSPS) is 17.8. The molecule has 0 fully saturated rings. The van der Waals surface area contributed by atoms with Crippen LogP contribution >= 0.6 is 0 Å². The van der Waals surface area contributed by atoms with Crippen LogP contribution in [-0.4, -0.2) is 24.2 Å². The second-order valence-corrected chi connectivity index (χ2v) is 4.86. The molecule has 0 saturated heterocycles. The summed E-state index contributed by atoms with van der Waals surface area (Å²) in [4.78, 5) is 2.16. The number of halogens is 1. The van der Waals surface area contributed by atoms with Gasteiger partial charge >= 0.3 is 0 Å². The molecule has 17 heavy (non-hydrogen) atoms. The highest BCUT2D eigenvalue weighted by Crippen LogP contribution is 2.32. The van der Waals surface area contributed by atoms with Crippen molar-refractivity contribution in [3.8, 4) is 0 Å². The van der Waals surface area contributed by atoms with Crippen LogP contribution in [0.2, 0.25) is 0 Å². The fourth-order valence-corrected chi connectivity index (χ4v) is 2.56. The van der Waals surface area contributed by atoms with Crippen molar-refractivity contribution in [2.24, 2.45) is 0 Å². The van der Waals surface area contributed by atoms with Gasteiger partial charge < -0.3 is 4.90 Å². The van der Waals surface area contributed by atoms with Crippen LogP contribution < -0.4 is 0 Å². The molecule has 0 aliphatic carbocycles. The van der Waals surface area contributed by atoms with Crippen LogP contribution in [-0.2, 0) is 0 Å². The molecule has 1 nitrogen and oxygen atoms in total. The predicted octanol–water partition coefficient (Wildman–Crippen LogP) is 3.79. The van der Waals surface area contributed by atoms with Gasteiger partial charge in [0, 0.05) is 18.8 Å². The summed E-state index contributed by atoms with van der Waals surface area (Å²) in [5.74, 6) is 0. The van der Waals surface area contributed by atoms with Gasteiger partial charge in [-0.1, -0.05) is 24.3 Å². The molecule has 1 aromatic rings. The summed E-state index contributed by atoms with van der Waals surface area (Å²) in [6.07, 6.45) is 0.268. The van der Waals surface area contributed by atoms with Gasteiger partial charge in [-0.25, -0.2) is 4.39 Å². The molecule has 0 bridgehead atoms. The molecule has 0 spiro atoms. The van der Waals surface area contributed by atoms with E-state index < -0.39 is 6.17 Å². The summed E-state index contributed by atoms with van der Waals surface area (Å²) in [5, 5.41) is 0. The summed E-state index contributed by atoms with van der Waals surface area (Å²) in [5.41, 5.74) is 5.24.